The lowest BCUT2D eigenvalue weighted by Crippen LogP contribution is -2.54. The highest BCUT2D eigenvalue weighted by Gasteiger charge is 2.62. The zero-order chi connectivity index (χ0) is 21.6. The molecule has 5 saturated carbocycles. The molecule has 30 heavy (non-hydrogen) atoms. The Labute approximate surface area is 188 Å². The summed E-state index contributed by atoms with van der Waals surface area (Å²) in [6.07, 6.45) is 19.7. The summed E-state index contributed by atoms with van der Waals surface area (Å²) in [5, 5.41) is 0. The van der Waals surface area contributed by atoms with Crippen molar-refractivity contribution < 1.29 is 0 Å². The van der Waals surface area contributed by atoms with Gasteiger partial charge in [0.05, 0.1) is 0 Å². The molecule has 5 rings (SSSR count). The Bertz CT molecular complexity index is 672. The summed E-state index contributed by atoms with van der Waals surface area (Å²) in [5.74, 6) is 4.95. The molecule has 8 atom stereocenters. The Morgan fingerprint density at radius 3 is 1.73 bits per heavy atom. The lowest BCUT2D eigenvalue weighted by molar-refractivity contribution is -0.135. The normalized spacial score (nSPS) is 54.7. The monoisotopic (exact) mass is 412 g/mol. The van der Waals surface area contributed by atoms with Gasteiger partial charge in [-0.05, 0) is 127 Å². The molecule has 0 aliphatic heterocycles. The minimum atomic E-state index is 0.567. The third-order valence-electron chi connectivity index (χ3n) is 12.9. The number of hydrogen-bond acceptors (Lipinski definition) is 0. The third kappa shape index (κ3) is 2.96. The summed E-state index contributed by atoms with van der Waals surface area (Å²) < 4.78 is 0. The molecule has 5 aliphatic carbocycles. The molecule has 5 aliphatic rings. The summed E-state index contributed by atoms with van der Waals surface area (Å²) in [5.41, 5.74) is 2.99. The maximum absolute atomic E-state index is 2.77. The summed E-state index contributed by atoms with van der Waals surface area (Å²) in [6.45, 7) is 18.8. The fourth-order valence-corrected chi connectivity index (χ4v) is 11.9. The number of fused-ring (bicyclic) bond motifs is 6. The Morgan fingerprint density at radius 2 is 1.07 bits per heavy atom. The van der Waals surface area contributed by atoms with E-state index in [1.165, 1.54) is 57.8 Å². The quantitative estimate of drug-likeness (QED) is 0.372. The highest BCUT2D eigenvalue weighted by molar-refractivity contribution is 5.11. The van der Waals surface area contributed by atoms with Crippen LogP contribution in [0.25, 0.3) is 0 Å². The Morgan fingerprint density at radius 1 is 0.500 bits per heavy atom. The highest BCUT2D eigenvalue weighted by Crippen LogP contribution is 2.71. The van der Waals surface area contributed by atoms with Crippen molar-refractivity contribution >= 4 is 0 Å². The Balaban J connectivity index is 1.48. The van der Waals surface area contributed by atoms with Gasteiger partial charge in [-0.1, -0.05) is 61.3 Å². The van der Waals surface area contributed by atoms with E-state index in [-0.39, 0.29) is 0 Å². The molecule has 0 saturated heterocycles. The molecule has 0 bridgehead atoms. The Hall–Kier alpha value is 0. The van der Waals surface area contributed by atoms with Crippen molar-refractivity contribution in [3.63, 3.8) is 0 Å². The minimum Gasteiger partial charge on any atom is -0.0596 e. The van der Waals surface area contributed by atoms with E-state index in [9.17, 15) is 0 Å². The lowest BCUT2D eigenvalue weighted by Gasteiger charge is -2.63. The summed E-state index contributed by atoms with van der Waals surface area (Å²) in [6, 6.07) is 0. The molecule has 0 radical (unpaired) electrons. The molecule has 5 fully saturated rings. The molecule has 0 aromatic carbocycles. The van der Waals surface area contributed by atoms with E-state index in [4.69, 9.17) is 0 Å². The molecule has 0 aromatic rings. The van der Waals surface area contributed by atoms with Crippen molar-refractivity contribution in [2.24, 2.45) is 56.7 Å². The average Bonchev–Trinajstić information content (AvgIpc) is 2.77. The van der Waals surface area contributed by atoms with Crippen LogP contribution >= 0.6 is 0 Å². The lowest BCUT2D eigenvalue weighted by atomic mass is 9.42. The van der Waals surface area contributed by atoms with Crippen LogP contribution < -0.4 is 0 Å². The van der Waals surface area contributed by atoms with Gasteiger partial charge in [0, 0.05) is 0 Å². The van der Waals surface area contributed by atoms with Gasteiger partial charge in [0.1, 0.15) is 0 Å². The molecule has 0 nitrogen and oxygen atoms in total. The van der Waals surface area contributed by atoms with E-state index in [2.05, 4.69) is 48.5 Å². The smallest absolute Gasteiger partial charge is 0.0259 e. The molecule has 0 N–H and O–H groups in total. The second kappa shape index (κ2) is 6.76. The van der Waals surface area contributed by atoms with E-state index >= 15 is 0 Å². The first-order valence-electron chi connectivity index (χ1n) is 13.9. The molecular formula is C30H52. The van der Waals surface area contributed by atoms with Crippen molar-refractivity contribution in [1.29, 1.82) is 0 Å². The Kier molecular flexibility index (Phi) is 4.92. The fraction of sp³-hybridized carbons (Fsp3) is 1.00. The second-order valence-corrected chi connectivity index (χ2v) is 15.3. The van der Waals surface area contributed by atoms with E-state index in [0.717, 1.165) is 29.6 Å². The van der Waals surface area contributed by atoms with Gasteiger partial charge in [-0.25, -0.2) is 0 Å². The molecule has 0 spiro atoms. The third-order valence-corrected chi connectivity index (χ3v) is 12.9. The maximum Gasteiger partial charge on any atom is -0.0259 e. The standard InChI is InChI=1S/C30H52/c1-26(2)15-8-17-29(6)22-11-13-25-28(5,20-21(22)10-12-23(26)29)19-14-24-27(3,4)16-9-18-30(24,25)7/h21-25H,8-20H2,1-7H3/t21-,22+,23+,24+,25+,28+,29-,30+/m1/s1. The van der Waals surface area contributed by atoms with Crippen LogP contribution in [-0.4, -0.2) is 0 Å². The van der Waals surface area contributed by atoms with Gasteiger partial charge in [-0.3, -0.25) is 0 Å². The second-order valence-electron chi connectivity index (χ2n) is 15.3. The first-order chi connectivity index (χ1) is 13.9. The van der Waals surface area contributed by atoms with E-state index < -0.39 is 0 Å². The SMILES string of the molecule is CC1(C)CCC[C@@]2(C)[C@H]1CC[C@@]1(C)C[C@H]3CC[C@H]4C(C)(C)CCC[C@]4(C)[C@H]3CC[C@@H]12. The summed E-state index contributed by atoms with van der Waals surface area (Å²) in [4.78, 5) is 0. The molecule has 0 unspecified atom stereocenters. The first-order valence-corrected chi connectivity index (χ1v) is 13.9. The molecule has 0 heterocycles. The van der Waals surface area contributed by atoms with Crippen molar-refractivity contribution in [3.05, 3.63) is 0 Å². The minimum absolute atomic E-state index is 0.567. The van der Waals surface area contributed by atoms with Crippen LogP contribution in [0.5, 0.6) is 0 Å². The van der Waals surface area contributed by atoms with Crippen LogP contribution in [-0.2, 0) is 0 Å². The molecule has 172 valence electrons. The predicted octanol–water partition coefficient (Wildman–Crippen LogP) is 9.28. The van der Waals surface area contributed by atoms with Gasteiger partial charge in [-0.15, -0.1) is 0 Å². The predicted molar refractivity (Wildman–Crippen MR) is 129 cm³/mol. The van der Waals surface area contributed by atoms with Crippen molar-refractivity contribution in [3.8, 4) is 0 Å². The van der Waals surface area contributed by atoms with E-state index in [1.54, 1.807) is 25.7 Å². The average molecular weight is 413 g/mol. The van der Waals surface area contributed by atoms with E-state index in [0.29, 0.717) is 27.1 Å². The van der Waals surface area contributed by atoms with E-state index in [1.807, 2.05) is 0 Å². The zero-order valence-corrected chi connectivity index (χ0v) is 21.6. The molecule has 0 aromatic heterocycles. The molecule has 0 heteroatoms. The van der Waals surface area contributed by atoms with Gasteiger partial charge < -0.3 is 0 Å². The highest BCUT2D eigenvalue weighted by atomic mass is 14.7. The maximum atomic E-state index is 2.77. The zero-order valence-electron chi connectivity index (χ0n) is 21.6. The van der Waals surface area contributed by atoms with Crippen LogP contribution in [0.4, 0.5) is 0 Å². The van der Waals surface area contributed by atoms with Gasteiger partial charge in [0.15, 0.2) is 0 Å². The topological polar surface area (TPSA) is 0 Å². The summed E-state index contributed by atoms with van der Waals surface area (Å²) >= 11 is 0. The van der Waals surface area contributed by atoms with Gasteiger partial charge in [0.25, 0.3) is 0 Å². The summed E-state index contributed by atoms with van der Waals surface area (Å²) in [7, 11) is 0. The van der Waals surface area contributed by atoms with Crippen LogP contribution in [0.15, 0.2) is 0 Å². The van der Waals surface area contributed by atoms with Gasteiger partial charge >= 0.3 is 0 Å². The molecule has 0 amide bonds. The van der Waals surface area contributed by atoms with Gasteiger partial charge in [-0.2, -0.15) is 0 Å². The number of hydrogen-bond donors (Lipinski definition) is 0. The van der Waals surface area contributed by atoms with Crippen molar-refractivity contribution in [1.82, 2.24) is 0 Å². The van der Waals surface area contributed by atoms with Crippen molar-refractivity contribution in [2.75, 3.05) is 0 Å². The largest absolute Gasteiger partial charge is 0.0596 e. The van der Waals surface area contributed by atoms with Crippen LogP contribution in [0, 0.1) is 56.7 Å². The van der Waals surface area contributed by atoms with Crippen LogP contribution in [0.1, 0.15) is 132 Å². The van der Waals surface area contributed by atoms with Gasteiger partial charge in [0.2, 0.25) is 0 Å². The fourth-order valence-electron chi connectivity index (χ4n) is 11.9. The van der Waals surface area contributed by atoms with Crippen LogP contribution in [0.3, 0.4) is 0 Å². The first kappa shape index (κ1) is 21.8. The van der Waals surface area contributed by atoms with Crippen LogP contribution in [0.2, 0.25) is 0 Å². The number of rotatable bonds is 0. The van der Waals surface area contributed by atoms with Crippen molar-refractivity contribution in [2.45, 2.75) is 132 Å². The molecular weight excluding hydrogens is 360 g/mol.